The molecule has 0 aliphatic heterocycles. The Bertz CT molecular complexity index is 656. The van der Waals surface area contributed by atoms with E-state index in [1.54, 1.807) is 0 Å². The first kappa shape index (κ1) is 14.3. The summed E-state index contributed by atoms with van der Waals surface area (Å²) in [6.07, 6.45) is 1.10. The van der Waals surface area contributed by atoms with Gasteiger partial charge in [-0.1, -0.05) is 6.07 Å². The number of phenolic OH excluding ortho intramolecular Hbond substituents is 2. The number of aliphatic carboxylic acids is 1. The van der Waals surface area contributed by atoms with Gasteiger partial charge in [-0.3, -0.25) is 4.79 Å². The van der Waals surface area contributed by atoms with Crippen molar-refractivity contribution in [2.75, 3.05) is 0 Å². The van der Waals surface area contributed by atoms with Gasteiger partial charge < -0.3 is 20.6 Å². The van der Waals surface area contributed by atoms with Crippen molar-refractivity contribution in [1.29, 1.82) is 0 Å². The summed E-state index contributed by atoms with van der Waals surface area (Å²) in [5, 5.41) is 39.3. The minimum Gasteiger partial charge on any atom is -0.504 e. The number of aromatic amines is 1. The van der Waals surface area contributed by atoms with E-state index in [0.29, 0.717) is 5.56 Å². The van der Waals surface area contributed by atoms with Gasteiger partial charge in [0.2, 0.25) is 0 Å². The van der Waals surface area contributed by atoms with Crippen LogP contribution in [-0.2, 0) is 11.2 Å². The molecule has 1 aromatic carbocycles. The van der Waals surface area contributed by atoms with Crippen molar-refractivity contribution >= 4 is 11.9 Å². The van der Waals surface area contributed by atoms with Crippen molar-refractivity contribution < 1.29 is 24.9 Å². The molecule has 9 heteroatoms. The maximum Gasteiger partial charge on any atom is 0.326 e. The Morgan fingerprint density at radius 2 is 2.05 bits per heavy atom. The lowest BCUT2D eigenvalue weighted by Crippen LogP contribution is -2.42. The second-order valence-electron chi connectivity index (χ2n) is 4.25. The average Bonchev–Trinajstić information content (AvgIpc) is 2.96. The van der Waals surface area contributed by atoms with Crippen molar-refractivity contribution in [3.8, 4) is 11.5 Å². The Morgan fingerprint density at radius 3 is 2.62 bits per heavy atom. The molecular formula is C12H12N4O5. The van der Waals surface area contributed by atoms with E-state index in [1.165, 1.54) is 24.4 Å². The Hall–Kier alpha value is -3.10. The lowest BCUT2D eigenvalue weighted by atomic mass is 10.1. The van der Waals surface area contributed by atoms with Crippen LogP contribution in [0.3, 0.4) is 0 Å². The summed E-state index contributed by atoms with van der Waals surface area (Å²) in [5.41, 5.74) is 0.410. The van der Waals surface area contributed by atoms with Gasteiger partial charge >= 0.3 is 5.97 Å². The number of H-pyrrole nitrogens is 1. The van der Waals surface area contributed by atoms with Gasteiger partial charge in [0.05, 0.1) is 6.20 Å². The van der Waals surface area contributed by atoms with Gasteiger partial charge in [-0.2, -0.15) is 15.4 Å². The van der Waals surface area contributed by atoms with Crippen LogP contribution >= 0.6 is 0 Å². The number of nitrogens with one attached hydrogen (secondary N) is 2. The van der Waals surface area contributed by atoms with Crippen LogP contribution in [0.25, 0.3) is 0 Å². The number of rotatable bonds is 5. The molecule has 1 amide bonds. The van der Waals surface area contributed by atoms with Gasteiger partial charge in [0.1, 0.15) is 6.04 Å². The molecule has 0 bridgehead atoms. The number of aromatic hydroxyl groups is 2. The number of phenols is 2. The summed E-state index contributed by atoms with van der Waals surface area (Å²) in [6.45, 7) is 0. The molecule has 0 aliphatic rings. The number of carbonyl (C=O) groups excluding carboxylic acids is 1. The summed E-state index contributed by atoms with van der Waals surface area (Å²) in [7, 11) is 0. The zero-order chi connectivity index (χ0) is 15.4. The summed E-state index contributed by atoms with van der Waals surface area (Å²) < 4.78 is 0. The minimum atomic E-state index is -1.24. The molecule has 5 N–H and O–H groups in total. The first-order valence-corrected chi connectivity index (χ1v) is 5.87. The number of hydrogen-bond donors (Lipinski definition) is 5. The predicted octanol–water partition coefficient (Wildman–Crippen LogP) is -0.358. The fourth-order valence-electron chi connectivity index (χ4n) is 1.67. The minimum absolute atomic E-state index is 0.0326. The third kappa shape index (κ3) is 3.47. The molecule has 2 rings (SSSR count). The largest absolute Gasteiger partial charge is 0.504 e. The van der Waals surface area contributed by atoms with E-state index in [0.717, 1.165) is 0 Å². The van der Waals surface area contributed by atoms with Crippen LogP contribution in [0.5, 0.6) is 11.5 Å². The highest BCUT2D eigenvalue weighted by molar-refractivity contribution is 5.94. The lowest BCUT2D eigenvalue weighted by Gasteiger charge is -2.14. The van der Waals surface area contributed by atoms with E-state index >= 15 is 0 Å². The van der Waals surface area contributed by atoms with Gasteiger partial charge in [0, 0.05) is 6.42 Å². The second kappa shape index (κ2) is 5.90. The fraction of sp³-hybridized carbons (Fsp3) is 0.167. The van der Waals surface area contributed by atoms with Gasteiger partial charge in [-0.05, 0) is 17.7 Å². The van der Waals surface area contributed by atoms with Crippen LogP contribution in [0, 0.1) is 0 Å². The topological polar surface area (TPSA) is 148 Å². The molecule has 9 nitrogen and oxygen atoms in total. The van der Waals surface area contributed by atoms with E-state index in [9.17, 15) is 19.8 Å². The highest BCUT2D eigenvalue weighted by Gasteiger charge is 2.22. The van der Waals surface area contributed by atoms with Crippen molar-refractivity contribution in [3.63, 3.8) is 0 Å². The van der Waals surface area contributed by atoms with E-state index in [4.69, 9.17) is 5.11 Å². The Labute approximate surface area is 118 Å². The number of carboxylic acid groups (broad SMARTS) is 1. The third-order valence-electron chi connectivity index (χ3n) is 2.73. The molecule has 110 valence electrons. The molecule has 0 radical (unpaired) electrons. The van der Waals surface area contributed by atoms with Crippen molar-refractivity contribution in [2.45, 2.75) is 12.5 Å². The Balaban J connectivity index is 2.10. The zero-order valence-corrected chi connectivity index (χ0v) is 10.6. The summed E-state index contributed by atoms with van der Waals surface area (Å²) in [5.74, 6) is -2.59. The third-order valence-corrected chi connectivity index (χ3v) is 2.73. The standard InChI is InChI=1S/C12H12N4O5/c17-9-2-1-6(4-10(9)18)3-7(12(20)21)14-11(19)8-5-13-16-15-8/h1-2,4-5,7,17-18H,3H2,(H,14,19)(H,20,21)(H,13,15,16)/t7-/m0/s1. The number of amides is 1. The average molecular weight is 292 g/mol. The van der Waals surface area contributed by atoms with E-state index in [1.807, 2.05) is 0 Å². The second-order valence-corrected chi connectivity index (χ2v) is 4.25. The van der Waals surface area contributed by atoms with Crippen LogP contribution in [0.1, 0.15) is 16.1 Å². The molecule has 21 heavy (non-hydrogen) atoms. The summed E-state index contributed by atoms with van der Waals surface area (Å²) in [4.78, 5) is 22.9. The SMILES string of the molecule is O=C(N[C@@H](Cc1ccc(O)c(O)c1)C(=O)O)c1cn[nH]n1. The van der Waals surface area contributed by atoms with Crippen LogP contribution in [-0.4, -0.2) is 48.6 Å². The first-order chi connectivity index (χ1) is 9.97. The quantitative estimate of drug-likeness (QED) is 0.472. The summed E-state index contributed by atoms with van der Waals surface area (Å²) in [6, 6.07) is 2.71. The number of nitrogens with zero attached hydrogens (tertiary/aromatic N) is 2. The lowest BCUT2D eigenvalue weighted by molar-refractivity contribution is -0.139. The molecule has 0 aliphatic carbocycles. The highest BCUT2D eigenvalue weighted by atomic mass is 16.4. The molecule has 2 aromatic rings. The number of aromatic nitrogens is 3. The van der Waals surface area contributed by atoms with Crippen molar-refractivity contribution in [2.24, 2.45) is 0 Å². The van der Waals surface area contributed by atoms with Gasteiger partial charge in [0.25, 0.3) is 5.91 Å². The molecule has 1 atom stereocenters. The molecule has 0 spiro atoms. The van der Waals surface area contributed by atoms with E-state index in [2.05, 4.69) is 20.7 Å². The molecule has 1 aromatic heterocycles. The zero-order valence-electron chi connectivity index (χ0n) is 10.6. The number of carbonyl (C=O) groups is 2. The number of hydrogen-bond acceptors (Lipinski definition) is 6. The van der Waals surface area contributed by atoms with E-state index < -0.39 is 17.9 Å². The first-order valence-electron chi connectivity index (χ1n) is 5.87. The molecule has 0 unspecified atom stereocenters. The Morgan fingerprint density at radius 1 is 1.29 bits per heavy atom. The maximum atomic E-state index is 11.7. The maximum absolute atomic E-state index is 11.7. The molecular weight excluding hydrogens is 280 g/mol. The molecule has 0 saturated heterocycles. The Kier molecular flexibility index (Phi) is 4.02. The van der Waals surface area contributed by atoms with Crippen molar-refractivity contribution in [3.05, 3.63) is 35.7 Å². The van der Waals surface area contributed by atoms with Crippen LogP contribution < -0.4 is 5.32 Å². The number of carboxylic acids is 1. The van der Waals surface area contributed by atoms with Crippen molar-refractivity contribution in [1.82, 2.24) is 20.7 Å². The highest BCUT2D eigenvalue weighted by Crippen LogP contribution is 2.25. The van der Waals surface area contributed by atoms with E-state index in [-0.39, 0.29) is 23.6 Å². The molecule has 0 fully saturated rings. The molecule has 0 saturated carbocycles. The normalized spacial score (nSPS) is 11.8. The smallest absolute Gasteiger partial charge is 0.326 e. The van der Waals surface area contributed by atoms with Crippen LogP contribution in [0.15, 0.2) is 24.4 Å². The van der Waals surface area contributed by atoms with Gasteiger partial charge in [-0.25, -0.2) is 4.79 Å². The summed E-state index contributed by atoms with van der Waals surface area (Å²) >= 11 is 0. The number of benzene rings is 1. The fourth-order valence-corrected chi connectivity index (χ4v) is 1.67. The predicted molar refractivity (Wildman–Crippen MR) is 68.7 cm³/mol. The van der Waals surface area contributed by atoms with Gasteiger partial charge in [-0.15, -0.1) is 0 Å². The van der Waals surface area contributed by atoms with Crippen LogP contribution in [0.4, 0.5) is 0 Å². The van der Waals surface area contributed by atoms with Crippen LogP contribution in [0.2, 0.25) is 0 Å². The monoisotopic (exact) mass is 292 g/mol. The van der Waals surface area contributed by atoms with Gasteiger partial charge in [0.15, 0.2) is 17.2 Å². The molecule has 1 heterocycles.